The third-order valence-electron chi connectivity index (χ3n) is 5.25. The van der Waals surface area contributed by atoms with Crippen molar-refractivity contribution in [3.63, 3.8) is 0 Å². The number of esters is 1. The highest BCUT2D eigenvalue weighted by molar-refractivity contribution is 7.98. The van der Waals surface area contributed by atoms with Gasteiger partial charge in [-0.1, -0.05) is 23.9 Å². The topological polar surface area (TPSA) is 163 Å². The van der Waals surface area contributed by atoms with E-state index in [1.165, 1.54) is 52.5 Å². The summed E-state index contributed by atoms with van der Waals surface area (Å²) in [6.07, 6.45) is 2.90. The molecule has 35 heavy (non-hydrogen) atoms. The Hall–Kier alpha value is -4.59. The Morgan fingerprint density at radius 2 is 2.14 bits per heavy atom. The Bertz CT molecular complexity index is 1690. The van der Waals surface area contributed by atoms with Crippen LogP contribution in [0.5, 0.6) is 0 Å². The van der Waals surface area contributed by atoms with E-state index in [0.717, 1.165) is 5.56 Å². The summed E-state index contributed by atoms with van der Waals surface area (Å²) < 4.78 is 7.54. The smallest absolute Gasteiger partial charge is 0.343 e. The molecule has 1 aromatic carbocycles. The molecule has 5 rings (SSSR count). The van der Waals surface area contributed by atoms with E-state index in [1.54, 1.807) is 25.1 Å². The predicted molar refractivity (Wildman–Crippen MR) is 125 cm³/mol. The van der Waals surface area contributed by atoms with Gasteiger partial charge in [-0.15, -0.1) is 5.10 Å². The lowest BCUT2D eigenvalue weighted by molar-refractivity contribution is -0.384. The van der Waals surface area contributed by atoms with Crippen LogP contribution in [-0.4, -0.2) is 52.3 Å². The van der Waals surface area contributed by atoms with Crippen molar-refractivity contribution in [1.82, 2.24) is 34.3 Å². The van der Waals surface area contributed by atoms with Crippen molar-refractivity contribution in [3.8, 4) is 5.95 Å². The number of nitrogens with zero attached hydrogens (tertiary/aromatic N) is 7. The molecule has 0 radical (unpaired) electrons. The number of ether oxygens (including phenoxy) is 1. The third-order valence-corrected chi connectivity index (χ3v) is 6.17. The number of fused-ring (bicyclic) bond motifs is 3. The number of nitro benzene ring substituents is 1. The van der Waals surface area contributed by atoms with E-state index in [-0.39, 0.29) is 22.6 Å². The van der Waals surface area contributed by atoms with Gasteiger partial charge < -0.3 is 4.74 Å². The predicted octanol–water partition coefficient (Wildman–Crippen LogP) is 2.45. The number of thioether (sulfide) groups is 1. The fourth-order valence-electron chi connectivity index (χ4n) is 3.60. The highest BCUT2D eigenvalue weighted by Crippen LogP contribution is 2.23. The average molecular weight is 492 g/mol. The quantitative estimate of drug-likeness (QED) is 0.161. The van der Waals surface area contributed by atoms with Crippen molar-refractivity contribution < 1.29 is 14.5 Å². The SMILES string of the molecule is COC(=O)c1c(C)nn2c1ncc1c(=O)n(-c3nc(SCc4cccc([N+](=O)[O-])c4)n[nH]3)ccc12. The van der Waals surface area contributed by atoms with E-state index in [2.05, 4.69) is 25.3 Å². The van der Waals surface area contributed by atoms with E-state index in [4.69, 9.17) is 4.74 Å². The lowest BCUT2D eigenvalue weighted by atomic mass is 10.2. The number of carbonyl (C=O) groups is 1. The first-order valence-electron chi connectivity index (χ1n) is 10.1. The van der Waals surface area contributed by atoms with Gasteiger partial charge in [0.25, 0.3) is 11.2 Å². The van der Waals surface area contributed by atoms with E-state index >= 15 is 0 Å². The molecule has 4 aromatic heterocycles. The normalized spacial score (nSPS) is 11.3. The number of benzene rings is 1. The van der Waals surface area contributed by atoms with Gasteiger partial charge in [-0.3, -0.25) is 19.5 Å². The summed E-state index contributed by atoms with van der Waals surface area (Å²) in [6, 6.07) is 7.97. The fraction of sp³-hybridized carbons (Fsp3) is 0.143. The number of methoxy groups -OCH3 is 1. The van der Waals surface area contributed by atoms with Crippen molar-refractivity contribution in [2.75, 3.05) is 7.11 Å². The Morgan fingerprint density at radius 3 is 2.91 bits per heavy atom. The minimum absolute atomic E-state index is 0.00953. The summed E-state index contributed by atoms with van der Waals surface area (Å²) >= 11 is 1.27. The van der Waals surface area contributed by atoms with Crippen LogP contribution in [-0.2, 0) is 10.5 Å². The van der Waals surface area contributed by atoms with Gasteiger partial charge in [0.15, 0.2) is 5.65 Å². The number of nitro groups is 1. The minimum Gasteiger partial charge on any atom is -0.465 e. The Balaban J connectivity index is 1.46. The molecule has 0 bridgehead atoms. The molecule has 0 fully saturated rings. The Labute approximate surface area is 199 Å². The summed E-state index contributed by atoms with van der Waals surface area (Å²) in [5.74, 6) is 0.0502. The van der Waals surface area contributed by atoms with Crippen molar-refractivity contribution in [2.45, 2.75) is 17.8 Å². The zero-order valence-corrected chi connectivity index (χ0v) is 19.1. The van der Waals surface area contributed by atoms with Crippen LogP contribution in [0.2, 0.25) is 0 Å². The first kappa shape index (κ1) is 22.2. The number of hydrogen-bond acceptors (Lipinski definition) is 10. The summed E-state index contributed by atoms with van der Waals surface area (Å²) in [5, 5.41) is 22.8. The molecule has 0 aliphatic heterocycles. The van der Waals surface area contributed by atoms with Gasteiger partial charge in [-0.25, -0.2) is 19.4 Å². The first-order chi connectivity index (χ1) is 16.9. The van der Waals surface area contributed by atoms with Gasteiger partial charge in [0.2, 0.25) is 11.1 Å². The second kappa shape index (κ2) is 8.64. The van der Waals surface area contributed by atoms with Crippen LogP contribution in [0.1, 0.15) is 21.6 Å². The Kier molecular flexibility index (Phi) is 5.49. The first-order valence-corrected chi connectivity index (χ1v) is 11.1. The molecule has 176 valence electrons. The molecule has 1 N–H and O–H groups in total. The summed E-state index contributed by atoms with van der Waals surface area (Å²) in [7, 11) is 1.28. The second-order valence-corrected chi connectivity index (χ2v) is 8.34. The molecule has 0 saturated carbocycles. The summed E-state index contributed by atoms with van der Waals surface area (Å²) in [4.78, 5) is 44.4. The zero-order chi connectivity index (χ0) is 24.7. The lowest BCUT2D eigenvalue weighted by Crippen LogP contribution is -2.20. The highest BCUT2D eigenvalue weighted by Gasteiger charge is 2.21. The van der Waals surface area contributed by atoms with Crippen molar-refractivity contribution >= 4 is 40.0 Å². The summed E-state index contributed by atoms with van der Waals surface area (Å²) in [5.41, 5.74) is 1.77. The van der Waals surface area contributed by atoms with Crippen LogP contribution in [0.4, 0.5) is 5.69 Å². The molecule has 13 nitrogen and oxygen atoms in total. The van der Waals surface area contributed by atoms with Gasteiger partial charge in [-0.05, 0) is 18.6 Å². The average Bonchev–Trinajstić information content (AvgIpc) is 3.46. The minimum atomic E-state index is -0.561. The summed E-state index contributed by atoms with van der Waals surface area (Å²) in [6.45, 7) is 1.66. The van der Waals surface area contributed by atoms with Gasteiger partial charge in [0.05, 0.1) is 28.6 Å². The molecular weight excluding hydrogens is 476 g/mol. The molecule has 0 atom stereocenters. The number of carbonyl (C=O) groups excluding carboxylic acids is 1. The molecule has 0 amide bonds. The molecule has 0 spiro atoms. The maximum atomic E-state index is 13.2. The number of H-pyrrole nitrogens is 1. The van der Waals surface area contributed by atoms with Crippen LogP contribution in [0, 0.1) is 17.0 Å². The van der Waals surface area contributed by atoms with E-state index < -0.39 is 16.5 Å². The number of non-ortho nitro benzene ring substituents is 1. The molecule has 0 unspecified atom stereocenters. The monoisotopic (exact) mass is 492 g/mol. The molecule has 0 aliphatic carbocycles. The number of aromatic amines is 1. The molecule has 4 heterocycles. The van der Waals surface area contributed by atoms with Gasteiger partial charge in [0.1, 0.15) is 5.56 Å². The number of rotatable bonds is 6. The van der Waals surface area contributed by atoms with Gasteiger partial charge in [-0.2, -0.15) is 10.1 Å². The third kappa shape index (κ3) is 3.89. The number of aromatic nitrogens is 7. The number of hydrogen-bond donors (Lipinski definition) is 1. The fourth-order valence-corrected chi connectivity index (χ4v) is 4.34. The number of nitrogens with one attached hydrogen (secondary N) is 1. The molecular formula is C21H16N8O5S. The molecule has 0 aliphatic rings. The second-order valence-electron chi connectivity index (χ2n) is 7.39. The lowest BCUT2D eigenvalue weighted by Gasteiger charge is -2.05. The van der Waals surface area contributed by atoms with Gasteiger partial charge >= 0.3 is 5.97 Å². The highest BCUT2D eigenvalue weighted by atomic mass is 32.2. The van der Waals surface area contributed by atoms with Crippen molar-refractivity contribution in [3.05, 3.63) is 80.0 Å². The van der Waals surface area contributed by atoms with Crippen LogP contribution >= 0.6 is 11.8 Å². The van der Waals surface area contributed by atoms with E-state index in [1.807, 2.05) is 0 Å². The number of aryl methyl sites for hydroxylation is 1. The van der Waals surface area contributed by atoms with Crippen LogP contribution in [0.3, 0.4) is 0 Å². The van der Waals surface area contributed by atoms with Crippen molar-refractivity contribution in [1.29, 1.82) is 0 Å². The maximum absolute atomic E-state index is 13.2. The van der Waals surface area contributed by atoms with E-state index in [0.29, 0.717) is 27.8 Å². The Morgan fingerprint density at radius 1 is 1.31 bits per heavy atom. The van der Waals surface area contributed by atoms with Crippen LogP contribution < -0.4 is 5.56 Å². The van der Waals surface area contributed by atoms with Gasteiger partial charge in [0, 0.05) is 30.3 Å². The zero-order valence-electron chi connectivity index (χ0n) is 18.3. The standard InChI is InChI=1S/C21H16N8O5S/c1-11-16(19(31)34-2)17-22-9-14-15(28(17)26-11)6-7-27(18(14)30)20-23-21(25-24-20)35-10-12-4-3-5-13(8-12)29(32)33/h3-9H,10H2,1-2H3,(H,23,24,25). The molecule has 0 saturated heterocycles. The number of pyridine rings is 1. The van der Waals surface area contributed by atoms with E-state index in [9.17, 15) is 19.7 Å². The van der Waals surface area contributed by atoms with Crippen LogP contribution in [0.15, 0.2) is 52.7 Å². The van der Waals surface area contributed by atoms with Crippen molar-refractivity contribution in [2.24, 2.45) is 0 Å². The molecule has 14 heteroatoms. The molecule has 5 aromatic rings. The largest absolute Gasteiger partial charge is 0.465 e. The maximum Gasteiger partial charge on any atom is 0.343 e. The van der Waals surface area contributed by atoms with Crippen LogP contribution in [0.25, 0.3) is 22.5 Å².